The molecule has 19 heavy (non-hydrogen) atoms. The molecule has 100 valence electrons. The molecule has 6 heteroatoms. The summed E-state index contributed by atoms with van der Waals surface area (Å²) in [6.07, 6.45) is 2.69. The van der Waals surface area contributed by atoms with Crippen LogP contribution in [0.4, 0.5) is 5.69 Å². The number of hydrogen-bond acceptors (Lipinski definition) is 4. The van der Waals surface area contributed by atoms with E-state index in [-0.39, 0.29) is 10.6 Å². The number of benzene rings is 1. The molecule has 0 aliphatic carbocycles. The highest BCUT2D eigenvalue weighted by Gasteiger charge is 2.03. The number of nitro groups is 1. The van der Waals surface area contributed by atoms with Gasteiger partial charge in [-0.05, 0) is 11.6 Å². The Kier molecular flexibility index (Phi) is 4.25. The molecule has 0 aliphatic rings. The second-order valence-corrected chi connectivity index (χ2v) is 4.30. The third-order valence-corrected chi connectivity index (χ3v) is 2.96. The van der Waals surface area contributed by atoms with Crippen LogP contribution in [0.15, 0.2) is 36.5 Å². The largest absolute Gasteiger partial charge is 0.312 e. The SMILES string of the molecule is Cn1nccc1CCNCc1ccc([N+](=O)[O-])cc1. The summed E-state index contributed by atoms with van der Waals surface area (Å²) in [6.45, 7) is 1.55. The van der Waals surface area contributed by atoms with E-state index in [0.717, 1.165) is 18.5 Å². The molecular weight excluding hydrogens is 244 g/mol. The minimum atomic E-state index is -0.389. The third kappa shape index (κ3) is 3.62. The predicted molar refractivity (Wildman–Crippen MR) is 71.7 cm³/mol. The molecule has 1 aromatic heterocycles. The number of aromatic nitrogens is 2. The lowest BCUT2D eigenvalue weighted by atomic mass is 10.2. The van der Waals surface area contributed by atoms with E-state index in [9.17, 15) is 10.1 Å². The standard InChI is InChI=1S/C13H16N4O2/c1-16-12(7-9-15-16)6-8-14-10-11-2-4-13(5-3-11)17(18)19/h2-5,7,9,14H,6,8,10H2,1H3. The summed E-state index contributed by atoms with van der Waals surface area (Å²) >= 11 is 0. The van der Waals surface area contributed by atoms with Gasteiger partial charge in [-0.2, -0.15) is 5.10 Å². The first kappa shape index (κ1) is 13.2. The first-order chi connectivity index (χ1) is 9.16. The Hall–Kier alpha value is -2.21. The highest BCUT2D eigenvalue weighted by atomic mass is 16.6. The summed E-state index contributed by atoms with van der Waals surface area (Å²) in [6, 6.07) is 8.59. The Morgan fingerprint density at radius 1 is 1.32 bits per heavy atom. The lowest BCUT2D eigenvalue weighted by Gasteiger charge is -2.05. The highest BCUT2D eigenvalue weighted by molar-refractivity contribution is 5.32. The zero-order valence-electron chi connectivity index (χ0n) is 10.7. The van der Waals surface area contributed by atoms with Gasteiger partial charge in [0.25, 0.3) is 5.69 Å². The van der Waals surface area contributed by atoms with Gasteiger partial charge in [0.2, 0.25) is 0 Å². The predicted octanol–water partition coefficient (Wildman–Crippen LogP) is 1.66. The van der Waals surface area contributed by atoms with Crippen LogP contribution in [-0.4, -0.2) is 21.2 Å². The van der Waals surface area contributed by atoms with Crippen molar-refractivity contribution in [3.8, 4) is 0 Å². The van der Waals surface area contributed by atoms with Crippen LogP contribution in [-0.2, 0) is 20.0 Å². The third-order valence-electron chi connectivity index (χ3n) is 2.96. The maximum absolute atomic E-state index is 10.5. The average Bonchev–Trinajstić information content (AvgIpc) is 2.81. The van der Waals surface area contributed by atoms with Gasteiger partial charge in [0.05, 0.1) is 4.92 Å². The van der Waals surface area contributed by atoms with Gasteiger partial charge in [-0.15, -0.1) is 0 Å². The molecule has 1 N–H and O–H groups in total. The van der Waals surface area contributed by atoms with Crippen molar-refractivity contribution in [1.82, 2.24) is 15.1 Å². The second-order valence-electron chi connectivity index (χ2n) is 4.30. The monoisotopic (exact) mass is 260 g/mol. The van der Waals surface area contributed by atoms with Gasteiger partial charge < -0.3 is 5.32 Å². The topological polar surface area (TPSA) is 73.0 Å². The molecule has 1 aromatic carbocycles. The molecule has 0 saturated heterocycles. The van der Waals surface area contributed by atoms with Crippen LogP contribution in [0.25, 0.3) is 0 Å². The molecule has 0 bridgehead atoms. The molecule has 0 fully saturated rings. The number of nitrogens with zero attached hydrogens (tertiary/aromatic N) is 3. The number of non-ortho nitro benzene ring substituents is 1. The fourth-order valence-corrected chi connectivity index (χ4v) is 1.83. The second kappa shape index (κ2) is 6.10. The minimum absolute atomic E-state index is 0.124. The summed E-state index contributed by atoms with van der Waals surface area (Å²) in [7, 11) is 1.92. The van der Waals surface area contributed by atoms with E-state index in [2.05, 4.69) is 10.4 Å². The van der Waals surface area contributed by atoms with E-state index in [4.69, 9.17) is 0 Å². The molecule has 0 saturated carbocycles. The molecule has 6 nitrogen and oxygen atoms in total. The molecule has 0 radical (unpaired) electrons. The van der Waals surface area contributed by atoms with Gasteiger partial charge in [-0.3, -0.25) is 14.8 Å². The Bertz CT molecular complexity index is 548. The Morgan fingerprint density at radius 3 is 2.63 bits per heavy atom. The van der Waals surface area contributed by atoms with E-state index in [1.807, 2.05) is 17.8 Å². The van der Waals surface area contributed by atoms with Crippen molar-refractivity contribution < 1.29 is 4.92 Å². The molecular formula is C13H16N4O2. The number of nitrogens with one attached hydrogen (secondary N) is 1. The summed E-state index contributed by atoms with van der Waals surface area (Å²) in [5, 5.41) is 17.9. The van der Waals surface area contributed by atoms with Gasteiger partial charge in [-0.1, -0.05) is 12.1 Å². The van der Waals surface area contributed by atoms with Crippen molar-refractivity contribution in [3.63, 3.8) is 0 Å². The number of nitro benzene ring substituents is 1. The van der Waals surface area contributed by atoms with Crippen LogP contribution in [0.1, 0.15) is 11.3 Å². The first-order valence-electron chi connectivity index (χ1n) is 6.08. The molecule has 0 atom stereocenters. The van der Waals surface area contributed by atoms with Crippen LogP contribution < -0.4 is 5.32 Å². The minimum Gasteiger partial charge on any atom is -0.312 e. The number of aryl methyl sites for hydroxylation is 1. The molecule has 1 heterocycles. The summed E-state index contributed by atoms with van der Waals surface area (Å²) in [4.78, 5) is 10.1. The lowest BCUT2D eigenvalue weighted by Crippen LogP contribution is -2.17. The van der Waals surface area contributed by atoms with Gasteiger partial charge in [0, 0.05) is 50.6 Å². The zero-order valence-corrected chi connectivity index (χ0v) is 10.7. The normalized spacial score (nSPS) is 10.6. The van der Waals surface area contributed by atoms with Gasteiger partial charge >= 0.3 is 0 Å². The van der Waals surface area contributed by atoms with E-state index in [1.165, 1.54) is 17.8 Å². The van der Waals surface area contributed by atoms with Crippen molar-refractivity contribution in [2.45, 2.75) is 13.0 Å². The Balaban J connectivity index is 1.76. The van der Waals surface area contributed by atoms with Crippen LogP contribution in [0.2, 0.25) is 0 Å². The van der Waals surface area contributed by atoms with E-state index >= 15 is 0 Å². The number of hydrogen-bond donors (Lipinski definition) is 1. The molecule has 2 rings (SSSR count). The maximum atomic E-state index is 10.5. The smallest absolute Gasteiger partial charge is 0.269 e. The Labute approximate surface area is 111 Å². The zero-order chi connectivity index (χ0) is 13.7. The fraction of sp³-hybridized carbons (Fsp3) is 0.308. The van der Waals surface area contributed by atoms with Crippen molar-refractivity contribution >= 4 is 5.69 Å². The van der Waals surface area contributed by atoms with Crippen LogP contribution in [0.5, 0.6) is 0 Å². The van der Waals surface area contributed by atoms with Crippen LogP contribution in [0, 0.1) is 10.1 Å². The fourth-order valence-electron chi connectivity index (χ4n) is 1.83. The highest BCUT2D eigenvalue weighted by Crippen LogP contribution is 2.11. The van der Waals surface area contributed by atoms with Crippen molar-refractivity contribution in [1.29, 1.82) is 0 Å². The van der Waals surface area contributed by atoms with Gasteiger partial charge in [0.1, 0.15) is 0 Å². The van der Waals surface area contributed by atoms with Gasteiger partial charge in [-0.25, -0.2) is 0 Å². The van der Waals surface area contributed by atoms with Gasteiger partial charge in [0.15, 0.2) is 0 Å². The van der Waals surface area contributed by atoms with Crippen LogP contribution in [0.3, 0.4) is 0 Å². The number of rotatable bonds is 6. The molecule has 2 aromatic rings. The average molecular weight is 260 g/mol. The summed E-state index contributed by atoms with van der Waals surface area (Å²) < 4.78 is 1.85. The molecule has 0 aliphatic heterocycles. The molecule has 0 spiro atoms. The lowest BCUT2D eigenvalue weighted by molar-refractivity contribution is -0.384. The Morgan fingerprint density at radius 2 is 2.05 bits per heavy atom. The molecule has 0 unspecified atom stereocenters. The van der Waals surface area contributed by atoms with Crippen LogP contribution >= 0.6 is 0 Å². The first-order valence-corrected chi connectivity index (χ1v) is 6.08. The summed E-state index contributed by atoms with van der Waals surface area (Å²) in [5.74, 6) is 0. The van der Waals surface area contributed by atoms with E-state index in [1.54, 1.807) is 18.3 Å². The van der Waals surface area contributed by atoms with Crippen molar-refractivity contribution in [3.05, 3.63) is 57.9 Å². The summed E-state index contributed by atoms with van der Waals surface area (Å²) in [5.41, 5.74) is 2.34. The van der Waals surface area contributed by atoms with E-state index in [0.29, 0.717) is 6.54 Å². The van der Waals surface area contributed by atoms with Crippen molar-refractivity contribution in [2.24, 2.45) is 7.05 Å². The molecule has 0 amide bonds. The van der Waals surface area contributed by atoms with Crippen molar-refractivity contribution in [2.75, 3.05) is 6.54 Å². The maximum Gasteiger partial charge on any atom is 0.269 e. The quantitative estimate of drug-likeness (QED) is 0.487. The van der Waals surface area contributed by atoms with E-state index < -0.39 is 0 Å².